The number of nitrogens with zero attached hydrogens (tertiary/aromatic N) is 4. The summed E-state index contributed by atoms with van der Waals surface area (Å²) < 4.78 is 6.77. The summed E-state index contributed by atoms with van der Waals surface area (Å²) in [6, 6.07) is 7.03. The molecule has 0 aromatic carbocycles. The van der Waals surface area contributed by atoms with Crippen LogP contribution in [0.1, 0.15) is 96.6 Å². The number of aromatic nitrogens is 3. The smallest absolute Gasteiger partial charge is 0.224 e. The van der Waals surface area contributed by atoms with Crippen molar-refractivity contribution in [3.63, 3.8) is 0 Å². The maximum Gasteiger partial charge on any atom is 0.224 e. The van der Waals surface area contributed by atoms with Crippen LogP contribution < -0.4 is 16.0 Å². The van der Waals surface area contributed by atoms with Crippen LogP contribution in [0.2, 0.25) is 18.1 Å². The van der Waals surface area contributed by atoms with Gasteiger partial charge in [0.2, 0.25) is 5.95 Å². The van der Waals surface area contributed by atoms with Crippen LogP contribution in [0.4, 0.5) is 11.8 Å². The van der Waals surface area contributed by atoms with Gasteiger partial charge in [0.15, 0.2) is 8.32 Å². The van der Waals surface area contributed by atoms with Crippen molar-refractivity contribution >= 4 is 31.8 Å². The standard InChI is InChI=1S/C37H57N7OSSi/c1-7-46-34-27(9-8-14-39-34)22-41-35-42-23-30(20-38)33(44-35)43-24-37-17-26-15-28(18-37)32(29(16-26)19-37)40-21-25-10-12-31(13-11-25)45-47(5,6)36(2,3)4/h8-9,14,23,25-26,28-29,31-32,40H,7,10-13,15-19,21-22,24H2,1-6H3,(H2,41,42,43,44)/t25-,26?,28-,29+,31-,32-,37-. The number of rotatable bonds is 13. The third kappa shape index (κ3) is 8.00. The van der Waals surface area contributed by atoms with Crippen LogP contribution >= 0.6 is 11.8 Å². The van der Waals surface area contributed by atoms with E-state index >= 15 is 0 Å². The SMILES string of the molecule is CCSc1ncccc1CNc1ncc(C#N)c(NC[C@]23CC4C[C@H](C2)[C@@H](NC[C@H]2CC[C@H](O[Si](C)(C)C(C)(C)C)CC2)[C@@H](C4)C3)n1. The number of hydrogen-bond donors (Lipinski definition) is 3. The zero-order chi connectivity index (χ0) is 33.2. The largest absolute Gasteiger partial charge is 0.414 e. The summed E-state index contributed by atoms with van der Waals surface area (Å²) in [5, 5.41) is 22.3. The van der Waals surface area contributed by atoms with Gasteiger partial charge >= 0.3 is 0 Å². The Morgan fingerprint density at radius 1 is 1.06 bits per heavy atom. The Labute approximate surface area is 288 Å². The highest BCUT2D eigenvalue weighted by atomic mass is 32.2. The summed E-state index contributed by atoms with van der Waals surface area (Å²) in [6.07, 6.45) is 15.6. The number of pyridine rings is 1. The predicted octanol–water partition coefficient (Wildman–Crippen LogP) is 8.24. The van der Waals surface area contributed by atoms with Gasteiger partial charge < -0.3 is 20.4 Å². The molecule has 5 aliphatic rings. The molecule has 8 nitrogen and oxygen atoms in total. The van der Waals surface area contributed by atoms with Crippen molar-refractivity contribution in [2.75, 3.05) is 29.5 Å². The normalized spacial score (nSPS) is 30.2. The Kier molecular flexibility index (Phi) is 10.6. The van der Waals surface area contributed by atoms with E-state index in [4.69, 9.17) is 9.41 Å². The molecule has 5 saturated carbocycles. The summed E-state index contributed by atoms with van der Waals surface area (Å²) in [7, 11) is -1.69. The van der Waals surface area contributed by atoms with Crippen molar-refractivity contribution in [3.8, 4) is 6.07 Å². The molecule has 0 spiro atoms. The zero-order valence-corrected chi connectivity index (χ0v) is 31.4. The molecule has 10 heteroatoms. The Morgan fingerprint density at radius 3 is 2.49 bits per heavy atom. The Morgan fingerprint density at radius 2 is 1.81 bits per heavy atom. The van der Waals surface area contributed by atoms with Gasteiger partial charge in [0.25, 0.3) is 0 Å². The fourth-order valence-corrected chi connectivity index (χ4v) is 11.2. The van der Waals surface area contributed by atoms with E-state index < -0.39 is 8.32 Å². The van der Waals surface area contributed by atoms with Gasteiger partial charge in [-0.25, -0.2) is 9.97 Å². The molecule has 3 N–H and O–H groups in total. The molecule has 2 aromatic heterocycles. The maximum absolute atomic E-state index is 9.86. The maximum atomic E-state index is 9.86. The van der Waals surface area contributed by atoms with Gasteiger partial charge in [-0.2, -0.15) is 10.2 Å². The van der Waals surface area contributed by atoms with E-state index in [1.165, 1.54) is 64.3 Å². The molecule has 47 heavy (non-hydrogen) atoms. The summed E-state index contributed by atoms with van der Waals surface area (Å²) in [6.45, 7) is 16.6. The minimum absolute atomic E-state index is 0.281. The number of thioether (sulfide) groups is 1. The molecular formula is C37H57N7OSSi. The Bertz CT molecular complexity index is 1400. The molecule has 256 valence electrons. The average Bonchev–Trinajstić information content (AvgIpc) is 3.03. The first-order valence-corrected chi connectivity index (χ1v) is 22.1. The summed E-state index contributed by atoms with van der Waals surface area (Å²) in [5.41, 5.74) is 1.93. The third-order valence-corrected chi connectivity index (χ3v) is 17.7. The number of nitrogens with one attached hydrogen (secondary N) is 3. The van der Waals surface area contributed by atoms with E-state index in [9.17, 15) is 5.26 Å². The highest BCUT2D eigenvalue weighted by Crippen LogP contribution is 2.60. The lowest BCUT2D eigenvalue weighted by Gasteiger charge is -2.60. The summed E-state index contributed by atoms with van der Waals surface area (Å²) in [5.74, 6) is 5.30. The van der Waals surface area contributed by atoms with Gasteiger partial charge in [-0.05, 0) is 123 Å². The van der Waals surface area contributed by atoms with Crippen molar-refractivity contribution in [1.29, 1.82) is 5.26 Å². The fourth-order valence-electron chi connectivity index (χ4n) is 9.05. The van der Waals surface area contributed by atoms with Gasteiger partial charge in [-0.1, -0.05) is 33.8 Å². The van der Waals surface area contributed by atoms with Crippen molar-refractivity contribution in [2.24, 2.45) is 29.1 Å². The quantitative estimate of drug-likeness (QED) is 0.143. The second-order valence-corrected chi connectivity index (χ2v) is 22.6. The van der Waals surface area contributed by atoms with E-state index in [0.717, 1.165) is 46.6 Å². The molecule has 7 rings (SSSR count). The molecular weight excluding hydrogens is 619 g/mol. The van der Waals surface area contributed by atoms with Crippen molar-refractivity contribution < 1.29 is 4.43 Å². The number of nitriles is 1. The van der Waals surface area contributed by atoms with Crippen molar-refractivity contribution in [3.05, 3.63) is 35.7 Å². The molecule has 5 aliphatic carbocycles. The van der Waals surface area contributed by atoms with Crippen molar-refractivity contribution in [1.82, 2.24) is 20.3 Å². The topological polar surface area (TPSA) is 108 Å². The summed E-state index contributed by atoms with van der Waals surface area (Å²) in [4.78, 5) is 13.8. The van der Waals surface area contributed by atoms with E-state index in [1.807, 2.05) is 12.3 Å². The molecule has 4 bridgehead atoms. The van der Waals surface area contributed by atoms with Crippen LogP contribution in [0.15, 0.2) is 29.6 Å². The lowest BCUT2D eigenvalue weighted by molar-refractivity contribution is -0.0704. The van der Waals surface area contributed by atoms with Gasteiger partial charge in [-0.15, -0.1) is 11.8 Å². The van der Waals surface area contributed by atoms with E-state index in [2.05, 4.69) is 78.8 Å². The zero-order valence-electron chi connectivity index (χ0n) is 29.6. The van der Waals surface area contributed by atoms with Crippen LogP contribution in [0.25, 0.3) is 0 Å². The van der Waals surface area contributed by atoms with Crippen LogP contribution in [0.5, 0.6) is 0 Å². The first-order chi connectivity index (χ1) is 22.5. The number of anilines is 2. The van der Waals surface area contributed by atoms with E-state index in [0.29, 0.717) is 41.4 Å². The number of hydrogen-bond acceptors (Lipinski definition) is 9. The third-order valence-electron chi connectivity index (χ3n) is 12.2. The predicted molar refractivity (Wildman–Crippen MR) is 195 cm³/mol. The lowest BCUT2D eigenvalue weighted by atomic mass is 9.48. The molecule has 0 saturated heterocycles. The molecule has 2 heterocycles. The monoisotopic (exact) mass is 675 g/mol. The first-order valence-electron chi connectivity index (χ1n) is 18.2. The van der Waals surface area contributed by atoms with Gasteiger partial charge in [0, 0.05) is 37.0 Å². The van der Waals surface area contributed by atoms with Crippen LogP contribution in [-0.2, 0) is 11.0 Å². The summed E-state index contributed by atoms with van der Waals surface area (Å²) >= 11 is 1.74. The van der Waals surface area contributed by atoms with Gasteiger partial charge in [-0.3, -0.25) is 0 Å². The minimum atomic E-state index is -1.69. The van der Waals surface area contributed by atoms with Crippen LogP contribution in [-0.4, -0.2) is 54.3 Å². The highest BCUT2D eigenvalue weighted by Gasteiger charge is 2.55. The lowest BCUT2D eigenvalue weighted by Crippen LogP contribution is -2.60. The average molecular weight is 676 g/mol. The highest BCUT2D eigenvalue weighted by molar-refractivity contribution is 7.99. The molecule has 2 aromatic rings. The van der Waals surface area contributed by atoms with E-state index in [1.54, 1.807) is 18.0 Å². The molecule has 0 amide bonds. The molecule has 5 atom stereocenters. The van der Waals surface area contributed by atoms with Crippen LogP contribution in [0, 0.1) is 40.4 Å². The molecule has 5 fully saturated rings. The first kappa shape index (κ1) is 34.7. The molecule has 0 radical (unpaired) electrons. The fraction of sp³-hybridized carbons (Fsp3) is 0.730. The van der Waals surface area contributed by atoms with Gasteiger partial charge in [0.1, 0.15) is 22.5 Å². The van der Waals surface area contributed by atoms with Crippen LogP contribution in [0.3, 0.4) is 0 Å². The van der Waals surface area contributed by atoms with Gasteiger partial charge in [0.05, 0.1) is 6.20 Å². The molecule has 1 unspecified atom stereocenters. The molecule has 0 aliphatic heterocycles. The Hall–Kier alpha value is -2.19. The second-order valence-electron chi connectivity index (χ2n) is 16.6. The van der Waals surface area contributed by atoms with Crippen molar-refractivity contribution in [2.45, 2.75) is 127 Å². The minimum Gasteiger partial charge on any atom is -0.414 e. The van der Waals surface area contributed by atoms with E-state index in [-0.39, 0.29) is 5.04 Å². The Balaban J connectivity index is 1.01. The second kappa shape index (κ2) is 14.3.